The highest BCUT2D eigenvalue weighted by Gasteiger charge is 2.31. The summed E-state index contributed by atoms with van der Waals surface area (Å²) in [6.07, 6.45) is 1.46. The molecular formula is C25H19FN2O5. The maximum atomic E-state index is 13.6. The van der Waals surface area contributed by atoms with Crippen molar-refractivity contribution in [3.8, 4) is 17.2 Å². The molecule has 0 radical (unpaired) electrons. The number of carbonyl (C=O) groups excluding carboxylic acids is 2. The van der Waals surface area contributed by atoms with Gasteiger partial charge in [-0.2, -0.15) is 0 Å². The van der Waals surface area contributed by atoms with Crippen molar-refractivity contribution in [2.45, 2.75) is 6.54 Å². The van der Waals surface area contributed by atoms with Crippen LogP contribution in [0.4, 0.5) is 10.1 Å². The summed E-state index contributed by atoms with van der Waals surface area (Å²) >= 11 is 0. The van der Waals surface area contributed by atoms with Crippen molar-refractivity contribution in [2.24, 2.45) is 0 Å². The van der Waals surface area contributed by atoms with Crippen molar-refractivity contribution in [3.63, 3.8) is 0 Å². The molecule has 0 unspecified atom stereocenters. The number of halogens is 1. The summed E-state index contributed by atoms with van der Waals surface area (Å²) in [5.74, 6) is 0.474. The molecule has 2 amide bonds. The van der Waals surface area contributed by atoms with Gasteiger partial charge in [0.2, 0.25) is 12.7 Å². The Balaban J connectivity index is 1.33. The van der Waals surface area contributed by atoms with Gasteiger partial charge in [-0.25, -0.2) is 4.39 Å². The highest BCUT2D eigenvalue weighted by atomic mass is 19.1. The number of amides is 2. The second-order valence-electron chi connectivity index (χ2n) is 7.49. The van der Waals surface area contributed by atoms with Crippen LogP contribution in [-0.2, 0) is 16.1 Å². The number of hydrogen-bond donors (Lipinski definition) is 1. The van der Waals surface area contributed by atoms with E-state index < -0.39 is 11.7 Å². The van der Waals surface area contributed by atoms with Gasteiger partial charge in [-0.15, -0.1) is 0 Å². The lowest BCUT2D eigenvalue weighted by atomic mass is 10.1. The minimum atomic E-state index is -0.490. The van der Waals surface area contributed by atoms with Gasteiger partial charge in [-0.3, -0.25) is 14.5 Å². The van der Waals surface area contributed by atoms with Crippen LogP contribution >= 0.6 is 0 Å². The monoisotopic (exact) mass is 446 g/mol. The predicted octanol–water partition coefficient (Wildman–Crippen LogP) is 3.64. The van der Waals surface area contributed by atoms with Gasteiger partial charge in [-0.1, -0.05) is 30.3 Å². The van der Waals surface area contributed by atoms with Crippen molar-refractivity contribution >= 4 is 23.6 Å². The second-order valence-corrected chi connectivity index (χ2v) is 7.49. The average Bonchev–Trinajstić information content (AvgIpc) is 3.28. The first-order valence-electron chi connectivity index (χ1n) is 10.3. The molecule has 1 N–H and O–H groups in total. The summed E-state index contributed by atoms with van der Waals surface area (Å²) in [7, 11) is 0. The molecule has 166 valence electrons. The van der Waals surface area contributed by atoms with Crippen molar-refractivity contribution in [2.75, 3.05) is 18.2 Å². The minimum absolute atomic E-state index is 0.00266. The van der Waals surface area contributed by atoms with E-state index in [0.29, 0.717) is 28.5 Å². The molecule has 7 nitrogen and oxygen atoms in total. The van der Waals surface area contributed by atoms with E-state index in [1.165, 1.54) is 23.1 Å². The van der Waals surface area contributed by atoms with E-state index in [0.717, 1.165) is 5.56 Å². The van der Waals surface area contributed by atoms with Crippen LogP contribution in [0.5, 0.6) is 17.2 Å². The quantitative estimate of drug-likeness (QED) is 0.606. The van der Waals surface area contributed by atoms with Gasteiger partial charge in [0.25, 0.3) is 5.91 Å². The second kappa shape index (κ2) is 8.66. The minimum Gasteiger partial charge on any atom is -0.454 e. The number of benzene rings is 3. The Morgan fingerprint density at radius 3 is 2.73 bits per heavy atom. The first-order chi connectivity index (χ1) is 16.1. The number of fused-ring (bicyclic) bond motifs is 2. The molecule has 33 heavy (non-hydrogen) atoms. The molecule has 0 atom stereocenters. The Morgan fingerprint density at radius 2 is 1.85 bits per heavy atom. The highest BCUT2D eigenvalue weighted by Crippen LogP contribution is 2.35. The molecule has 0 saturated heterocycles. The molecule has 0 fully saturated rings. The molecule has 8 heteroatoms. The summed E-state index contributed by atoms with van der Waals surface area (Å²) < 4.78 is 30.0. The number of nitrogens with one attached hydrogen (secondary N) is 1. The van der Waals surface area contributed by atoms with E-state index >= 15 is 0 Å². The largest absolute Gasteiger partial charge is 0.454 e. The summed E-state index contributed by atoms with van der Waals surface area (Å²) in [5, 5.41) is 2.82. The zero-order chi connectivity index (χ0) is 22.8. The maximum Gasteiger partial charge on any atom is 0.294 e. The van der Waals surface area contributed by atoms with E-state index in [1.54, 1.807) is 48.5 Å². The predicted molar refractivity (Wildman–Crippen MR) is 118 cm³/mol. The highest BCUT2D eigenvalue weighted by molar-refractivity contribution is 6.12. The first kappa shape index (κ1) is 20.6. The molecule has 3 aromatic rings. The van der Waals surface area contributed by atoms with E-state index in [2.05, 4.69) is 5.32 Å². The molecule has 2 aliphatic heterocycles. The van der Waals surface area contributed by atoms with Crippen molar-refractivity contribution < 1.29 is 28.2 Å². The van der Waals surface area contributed by atoms with Gasteiger partial charge >= 0.3 is 0 Å². The molecule has 0 bridgehead atoms. The number of carbonyl (C=O) groups is 2. The van der Waals surface area contributed by atoms with E-state index in [4.69, 9.17) is 14.2 Å². The van der Waals surface area contributed by atoms with Crippen molar-refractivity contribution in [3.05, 3.63) is 89.4 Å². The molecule has 0 aromatic heterocycles. The van der Waals surface area contributed by atoms with Gasteiger partial charge in [-0.05, 0) is 53.6 Å². The normalized spacial score (nSPS) is 15.2. The topological polar surface area (TPSA) is 77.1 Å². The Labute approximate surface area is 189 Å². The number of nitrogens with zero attached hydrogens (tertiary/aromatic N) is 1. The Bertz CT molecular complexity index is 1270. The summed E-state index contributed by atoms with van der Waals surface area (Å²) in [6, 6.07) is 18.2. The fourth-order valence-corrected chi connectivity index (χ4v) is 3.62. The summed E-state index contributed by atoms with van der Waals surface area (Å²) in [6.45, 7) is 0.237. The van der Waals surface area contributed by atoms with Crippen LogP contribution in [0.25, 0.3) is 6.08 Å². The first-order valence-corrected chi connectivity index (χ1v) is 10.3. The molecule has 0 saturated carbocycles. The van der Waals surface area contributed by atoms with Crippen LogP contribution in [0, 0.1) is 5.82 Å². The third kappa shape index (κ3) is 4.36. The molecule has 2 aliphatic rings. The van der Waals surface area contributed by atoms with E-state index in [-0.39, 0.29) is 31.5 Å². The Kier molecular flexibility index (Phi) is 5.40. The average molecular weight is 446 g/mol. The molecule has 0 aliphatic carbocycles. The smallest absolute Gasteiger partial charge is 0.294 e. The lowest BCUT2D eigenvalue weighted by molar-refractivity contribution is -0.123. The number of para-hydroxylation sites is 2. The van der Waals surface area contributed by atoms with Gasteiger partial charge in [0.15, 0.2) is 23.0 Å². The fourth-order valence-electron chi connectivity index (χ4n) is 3.62. The number of hydrogen-bond acceptors (Lipinski definition) is 5. The van der Waals surface area contributed by atoms with Crippen molar-refractivity contribution in [1.29, 1.82) is 0 Å². The Morgan fingerprint density at radius 1 is 1.00 bits per heavy atom. The maximum absolute atomic E-state index is 13.6. The Hall–Kier alpha value is -4.33. The molecular weight excluding hydrogens is 427 g/mol. The molecule has 5 rings (SSSR count). The number of rotatable bonds is 5. The zero-order valence-electron chi connectivity index (χ0n) is 17.4. The lowest BCUT2D eigenvalue weighted by Gasteiger charge is -2.30. The van der Waals surface area contributed by atoms with Gasteiger partial charge in [0, 0.05) is 6.54 Å². The van der Waals surface area contributed by atoms with Gasteiger partial charge in [0.05, 0.1) is 5.69 Å². The summed E-state index contributed by atoms with van der Waals surface area (Å²) in [5.41, 5.74) is 1.80. The molecule has 0 spiro atoms. The van der Waals surface area contributed by atoms with Gasteiger partial charge in [0.1, 0.15) is 12.4 Å². The van der Waals surface area contributed by atoms with Crippen LogP contribution in [-0.4, -0.2) is 25.2 Å². The third-order valence-electron chi connectivity index (χ3n) is 5.21. The standard InChI is InChI=1S/C25H19FN2O5/c26-18-5-3-4-16(10-18)11-23-25(30)28(19-6-1-2-7-20(19)33-23)14-24(29)27-13-17-8-9-21-22(12-17)32-15-31-21/h1-12H,13-15H2,(H,27,29)/b23-11+. The van der Waals surface area contributed by atoms with Crippen LogP contribution < -0.4 is 24.4 Å². The fraction of sp³-hybridized carbons (Fsp3) is 0.120. The SMILES string of the molecule is O=C(CN1C(=O)/C(=C\c2cccc(F)c2)Oc2ccccc21)NCc1ccc2c(c1)OCO2. The van der Waals surface area contributed by atoms with Crippen molar-refractivity contribution in [1.82, 2.24) is 5.32 Å². The van der Waals surface area contributed by atoms with E-state index in [1.807, 2.05) is 6.07 Å². The lowest BCUT2D eigenvalue weighted by Crippen LogP contribution is -2.44. The molecule has 2 heterocycles. The summed E-state index contributed by atoms with van der Waals surface area (Å²) in [4.78, 5) is 27.2. The van der Waals surface area contributed by atoms with Crippen LogP contribution in [0.2, 0.25) is 0 Å². The number of ether oxygens (including phenoxy) is 3. The molecule has 3 aromatic carbocycles. The zero-order valence-corrected chi connectivity index (χ0v) is 17.4. The van der Waals surface area contributed by atoms with Crippen LogP contribution in [0.3, 0.4) is 0 Å². The van der Waals surface area contributed by atoms with Crippen LogP contribution in [0.1, 0.15) is 11.1 Å². The van der Waals surface area contributed by atoms with Crippen LogP contribution in [0.15, 0.2) is 72.5 Å². The third-order valence-corrected chi connectivity index (χ3v) is 5.21. The number of anilines is 1. The van der Waals surface area contributed by atoms with E-state index in [9.17, 15) is 14.0 Å². The van der Waals surface area contributed by atoms with Gasteiger partial charge < -0.3 is 19.5 Å².